The zero-order chi connectivity index (χ0) is 21.3. The first kappa shape index (κ1) is 21.2. The molecule has 156 valence electrons. The summed E-state index contributed by atoms with van der Waals surface area (Å²) in [5.74, 6) is 1.49. The van der Waals surface area contributed by atoms with Crippen molar-refractivity contribution >= 4 is 46.6 Å². The topological polar surface area (TPSA) is 80.0 Å². The van der Waals surface area contributed by atoms with E-state index in [1.54, 1.807) is 18.2 Å². The summed E-state index contributed by atoms with van der Waals surface area (Å²) in [7, 11) is 0. The fourth-order valence-electron chi connectivity index (χ4n) is 3.16. The molecule has 1 amide bonds. The van der Waals surface area contributed by atoms with Crippen LogP contribution in [0.1, 0.15) is 43.2 Å². The molecule has 1 aliphatic rings. The Morgan fingerprint density at radius 3 is 2.80 bits per heavy atom. The summed E-state index contributed by atoms with van der Waals surface area (Å²) in [5.41, 5.74) is 2.15. The van der Waals surface area contributed by atoms with Crippen molar-refractivity contribution in [3.05, 3.63) is 63.9 Å². The number of nitrogens with zero attached hydrogens (tertiary/aromatic N) is 3. The molecule has 0 saturated heterocycles. The fraction of sp³-hybridized carbons (Fsp3) is 0.286. The van der Waals surface area contributed by atoms with E-state index < -0.39 is 6.10 Å². The predicted octanol–water partition coefficient (Wildman–Crippen LogP) is 5.24. The first-order valence-electron chi connectivity index (χ1n) is 9.51. The average Bonchev–Trinajstić information content (AvgIpc) is 3.47. The normalized spacial score (nSPS) is 14.5. The lowest BCUT2D eigenvalue weighted by atomic mass is 10.1. The fourth-order valence-corrected chi connectivity index (χ4v) is 4.50. The molecule has 1 fully saturated rings. The van der Waals surface area contributed by atoms with Gasteiger partial charge in [0.15, 0.2) is 5.16 Å². The van der Waals surface area contributed by atoms with Gasteiger partial charge in [0, 0.05) is 39.9 Å². The van der Waals surface area contributed by atoms with Crippen LogP contribution in [-0.4, -0.2) is 31.5 Å². The number of carbonyl (C=O) groups excluding carboxylic acids is 1. The van der Waals surface area contributed by atoms with Crippen LogP contribution in [0.15, 0.2) is 47.6 Å². The molecular formula is C21H20Cl2N4O2S. The molecule has 30 heavy (non-hydrogen) atoms. The number of anilines is 1. The minimum Gasteiger partial charge on any atom is -0.387 e. The van der Waals surface area contributed by atoms with Gasteiger partial charge in [-0.25, -0.2) is 0 Å². The Morgan fingerprint density at radius 1 is 1.27 bits per heavy atom. The number of hydrogen-bond acceptors (Lipinski definition) is 5. The molecular weight excluding hydrogens is 443 g/mol. The van der Waals surface area contributed by atoms with E-state index in [2.05, 4.69) is 15.5 Å². The quantitative estimate of drug-likeness (QED) is 0.469. The maximum absolute atomic E-state index is 11.4. The summed E-state index contributed by atoms with van der Waals surface area (Å²) < 4.78 is 2.00. The summed E-state index contributed by atoms with van der Waals surface area (Å²) in [6.45, 7) is 1.48. The largest absolute Gasteiger partial charge is 0.387 e. The van der Waals surface area contributed by atoms with Gasteiger partial charge in [-0.1, -0.05) is 41.0 Å². The number of nitrogens with one attached hydrogen (secondary N) is 1. The second-order valence-electron chi connectivity index (χ2n) is 7.17. The molecule has 0 radical (unpaired) electrons. The van der Waals surface area contributed by atoms with E-state index in [9.17, 15) is 9.90 Å². The van der Waals surface area contributed by atoms with Crippen molar-refractivity contribution < 1.29 is 9.90 Å². The average molecular weight is 463 g/mol. The number of aliphatic hydroxyl groups is 1. The second-order valence-corrected chi connectivity index (χ2v) is 9.01. The van der Waals surface area contributed by atoms with Crippen LogP contribution in [0.25, 0.3) is 5.69 Å². The summed E-state index contributed by atoms with van der Waals surface area (Å²) >= 11 is 13.7. The number of benzene rings is 2. The lowest BCUT2D eigenvalue weighted by Gasteiger charge is -2.14. The van der Waals surface area contributed by atoms with E-state index in [0.717, 1.165) is 24.4 Å². The number of amides is 1. The molecule has 0 bridgehead atoms. The Morgan fingerprint density at radius 2 is 2.07 bits per heavy atom. The monoisotopic (exact) mass is 462 g/mol. The van der Waals surface area contributed by atoms with Crippen molar-refractivity contribution in [1.82, 2.24) is 14.8 Å². The van der Waals surface area contributed by atoms with Crippen molar-refractivity contribution in [3.63, 3.8) is 0 Å². The lowest BCUT2D eigenvalue weighted by Crippen LogP contribution is -2.08. The molecule has 1 aromatic heterocycles. The standard InChI is InChI=1S/C21H20Cl2N4O2S/c1-12(28)24-15-3-2-4-16(10-15)27-20(13-5-6-13)25-26-21(27)30-11-19(29)17-9-14(22)7-8-18(17)23/h2-4,7-10,13,19,29H,5-6,11H2,1H3,(H,24,28). The molecule has 1 atom stereocenters. The molecule has 3 aromatic rings. The maximum atomic E-state index is 11.4. The van der Waals surface area contributed by atoms with Crippen LogP contribution in [0.5, 0.6) is 0 Å². The Bertz CT molecular complexity index is 1080. The van der Waals surface area contributed by atoms with E-state index in [0.29, 0.717) is 38.1 Å². The third-order valence-corrected chi connectivity index (χ3v) is 6.30. The minimum absolute atomic E-state index is 0.130. The summed E-state index contributed by atoms with van der Waals surface area (Å²) in [4.78, 5) is 11.4. The van der Waals surface area contributed by atoms with Crippen LogP contribution in [-0.2, 0) is 4.79 Å². The highest BCUT2D eigenvalue weighted by Gasteiger charge is 2.31. The molecule has 2 aromatic carbocycles. The van der Waals surface area contributed by atoms with E-state index in [-0.39, 0.29) is 5.91 Å². The van der Waals surface area contributed by atoms with Gasteiger partial charge in [0.05, 0.1) is 11.8 Å². The van der Waals surface area contributed by atoms with E-state index in [1.165, 1.54) is 18.7 Å². The summed E-state index contributed by atoms with van der Waals surface area (Å²) in [6.07, 6.45) is 1.35. The Balaban J connectivity index is 1.60. The number of aliphatic hydroxyl groups excluding tert-OH is 1. The molecule has 1 heterocycles. The molecule has 0 spiro atoms. The van der Waals surface area contributed by atoms with Crippen molar-refractivity contribution in [2.24, 2.45) is 0 Å². The number of halogens is 2. The molecule has 2 N–H and O–H groups in total. The maximum Gasteiger partial charge on any atom is 0.221 e. The Hall–Kier alpha value is -2.06. The predicted molar refractivity (Wildman–Crippen MR) is 120 cm³/mol. The van der Waals surface area contributed by atoms with E-state index >= 15 is 0 Å². The van der Waals surface area contributed by atoms with Gasteiger partial charge in [0.2, 0.25) is 5.91 Å². The molecule has 0 aliphatic heterocycles. The van der Waals surface area contributed by atoms with Crippen LogP contribution in [0.4, 0.5) is 5.69 Å². The van der Waals surface area contributed by atoms with E-state index in [4.69, 9.17) is 23.2 Å². The first-order chi connectivity index (χ1) is 14.4. The van der Waals surface area contributed by atoms with Crippen LogP contribution in [0, 0.1) is 0 Å². The van der Waals surface area contributed by atoms with Gasteiger partial charge in [-0.15, -0.1) is 10.2 Å². The van der Waals surface area contributed by atoms with Crippen molar-refractivity contribution in [2.75, 3.05) is 11.1 Å². The number of thioether (sulfide) groups is 1. The third kappa shape index (κ3) is 4.81. The van der Waals surface area contributed by atoms with Crippen LogP contribution >= 0.6 is 35.0 Å². The van der Waals surface area contributed by atoms with Crippen molar-refractivity contribution in [2.45, 2.75) is 36.9 Å². The highest BCUT2D eigenvalue weighted by atomic mass is 35.5. The summed E-state index contributed by atoms with van der Waals surface area (Å²) in [6, 6.07) is 12.6. The van der Waals surface area contributed by atoms with Gasteiger partial charge in [-0.3, -0.25) is 9.36 Å². The molecule has 1 saturated carbocycles. The van der Waals surface area contributed by atoms with Crippen LogP contribution < -0.4 is 5.32 Å². The lowest BCUT2D eigenvalue weighted by molar-refractivity contribution is -0.114. The zero-order valence-corrected chi connectivity index (χ0v) is 18.5. The zero-order valence-electron chi connectivity index (χ0n) is 16.2. The number of aromatic nitrogens is 3. The number of hydrogen-bond donors (Lipinski definition) is 2. The summed E-state index contributed by atoms with van der Waals surface area (Å²) in [5, 5.41) is 23.9. The molecule has 9 heteroatoms. The van der Waals surface area contributed by atoms with Crippen LogP contribution in [0.2, 0.25) is 10.0 Å². The van der Waals surface area contributed by atoms with Gasteiger partial charge in [0.1, 0.15) is 5.82 Å². The van der Waals surface area contributed by atoms with Gasteiger partial charge in [-0.05, 0) is 49.2 Å². The van der Waals surface area contributed by atoms with Gasteiger partial charge in [0.25, 0.3) is 0 Å². The molecule has 6 nitrogen and oxygen atoms in total. The van der Waals surface area contributed by atoms with Gasteiger partial charge in [-0.2, -0.15) is 0 Å². The van der Waals surface area contributed by atoms with Gasteiger partial charge < -0.3 is 10.4 Å². The molecule has 1 unspecified atom stereocenters. The van der Waals surface area contributed by atoms with Crippen LogP contribution in [0.3, 0.4) is 0 Å². The molecule has 1 aliphatic carbocycles. The Labute approximate surface area is 188 Å². The van der Waals surface area contributed by atoms with Crippen molar-refractivity contribution in [1.29, 1.82) is 0 Å². The third-order valence-electron chi connectivity index (χ3n) is 4.71. The smallest absolute Gasteiger partial charge is 0.221 e. The number of carbonyl (C=O) groups is 1. The SMILES string of the molecule is CC(=O)Nc1cccc(-n2c(SCC(O)c3cc(Cl)ccc3Cl)nnc2C2CC2)c1. The van der Waals surface area contributed by atoms with Gasteiger partial charge >= 0.3 is 0 Å². The van der Waals surface area contributed by atoms with Crippen molar-refractivity contribution in [3.8, 4) is 5.69 Å². The Kier molecular flexibility index (Phi) is 6.34. The number of rotatable bonds is 7. The minimum atomic E-state index is -0.804. The van der Waals surface area contributed by atoms with E-state index in [1.807, 2.05) is 28.8 Å². The second kappa shape index (κ2) is 8.98. The highest BCUT2D eigenvalue weighted by molar-refractivity contribution is 7.99. The molecule has 4 rings (SSSR count). The highest BCUT2D eigenvalue weighted by Crippen LogP contribution is 2.41. The first-order valence-corrected chi connectivity index (χ1v) is 11.3.